The third kappa shape index (κ3) is 4.87. The summed E-state index contributed by atoms with van der Waals surface area (Å²) < 4.78 is 31.5. The van der Waals surface area contributed by atoms with Crippen molar-refractivity contribution < 1.29 is 13.2 Å². The molecule has 2 aromatic carbocycles. The molecule has 3 N–H and O–H groups in total. The van der Waals surface area contributed by atoms with Gasteiger partial charge >= 0.3 is 0 Å². The summed E-state index contributed by atoms with van der Waals surface area (Å²) >= 11 is 6.42. The number of aromatic nitrogens is 2. The van der Waals surface area contributed by atoms with E-state index in [-0.39, 0.29) is 15.3 Å². The molecule has 2 aliphatic rings. The van der Waals surface area contributed by atoms with E-state index in [0.717, 1.165) is 18.8 Å². The number of fused-ring (bicyclic) bond motifs is 2. The van der Waals surface area contributed by atoms with Gasteiger partial charge in [0, 0.05) is 18.5 Å². The maximum absolute atomic E-state index is 12.9. The van der Waals surface area contributed by atoms with Crippen LogP contribution >= 0.6 is 11.6 Å². The third-order valence-corrected chi connectivity index (χ3v) is 9.88. The van der Waals surface area contributed by atoms with E-state index in [4.69, 9.17) is 16.3 Å². The number of hydrogen-bond donors (Lipinski definition) is 3. The molecule has 8 nitrogen and oxygen atoms in total. The van der Waals surface area contributed by atoms with Crippen LogP contribution in [-0.4, -0.2) is 37.3 Å². The number of para-hydroxylation sites is 1. The molecule has 37 heavy (non-hydrogen) atoms. The third-order valence-electron chi connectivity index (χ3n) is 7.39. The van der Waals surface area contributed by atoms with Gasteiger partial charge in [-0.05, 0) is 62.1 Å². The van der Waals surface area contributed by atoms with E-state index >= 15 is 0 Å². The van der Waals surface area contributed by atoms with Gasteiger partial charge in [0.05, 0.1) is 34.8 Å². The van der Waals surface area contributed by atoms with Gasteiger partial charge in [-0.1, -0.05) is 36.6 Å². The predicted octanol–water partition coefficient (Wildman–Crippen LogP) is 5.72. The van der Waals surface area contributed by atoms with E-state index in [0.29, 0.717) is 23.2 Å². The van der Waals surface area contributed by atoms with Crippen molar-refractivity contribution in [2.24, 2.45) is 0 Å². The lowest BCUT2D eigenvalue weighted by Crippen LogP contribution is -2.41. The number of rotatable bonds is 7. The number of halogens is 1. The van der Waals surface area contributed by atoms with Gasteiger partial charge in [0.25, 0.3) is 0 Å². The fraction of sp³-hybridized carbons (Fsp3) is 0.407. The first-order valence-electron chi connectivity index (χ1n) is 12.6. The van der Waals surface area contributed by atoms with Crippen LogP contribution in [0.15, 0.2) is 47.5 Å². The van der Waals surface area contributed by atoms with Gasteiger partial charge in [-0.3, -0.25) is 0 Å². The Labute approximate surface area is 223 Å². The molecule has 2 heterocycles. The van der Waals surface area contributed by atoms with Gasteiger partial charge in [0.1, 0.15) is 10.8 Å². The second-order valence-corrected chi connectivity index (χ2v) is 12.9. The number of benzene rings is 2. The van der Waals surface area contributed by atoms with Crippen LogP contribution in [0.4, 0.5) is 23.1 Å². The Bertz CT molecular complexity index is 1420. The Balaban J connectivity index is 1.48. The van der Waals surface area contributed by atoms with E-state index in [1.807, 2.05) is 0 Å². The van der Waals surface area contributed by atoms with Crippen molar-refractivity contribution in [3.05, 3.63) is 58.7 Å². The lowest BCUT2D eigenvalue weighted by atomic mass is 9.74. The second kappa shape index (κ2) is 10.1. The number of anilines is 4. The van der Waals surface area contributed by atoms with Gasteiger partial charge in [-0.15, -0.1) is 0 Å². The van der Waals surface area contributed by atoms with Crippen LogP contribution in [0.5, 0.6) is 5.75 Å². The largest absolute Gasteiger partial charge is 0.495 e. The molecule has 1 aliphatic heterocycles. The average Bonchev–Trinajstić information content (AvgIpc) is 3.35. The molecule has 196 valence electrons. The fourth-order valence-electron chi connectivity index (χ4n) is 5.39. The van der Waals surface area contributed by atoms with Crippen molar-refractivity contribution in [2.75, 3.05) is 24.3 Å². The van der Waals surface area contributed by atoms with Crippen LogP contribution in [0, 0.1) is 0 Å². The van der Waals surface area contributed by atoms with Crippen LogP contribution in [-0.2, 0) is 21.8 Å². The second-order valence-electron chi connectivity index (χ2n) is 10.0. The first kappa shape index (κ1) is 25.8. The number of hydrogen-bond acceptors (Lipinski definition) is 8. The maximum atomic E-state index is 12.9. The summed E-state index contributed by atoms with van der Waals surface area (Å²) in [5, 5.41) is 9.71. The molecule has 5 rings (SSSR count). The van der Waals surface area contributed by atoms with Crippen molar-refractivity contribution in [1.29, 1.82) is 0 Å². The molecule has 0 bridgehead atoms. The summed E-state index contributed by atoms with van der Waals surface area (Å²) in [6, 6.07) is 11.0. The summed E-state index contributed by atoms with van der Waals surface area (Å²) in [6.45, 7) is 5.11. The zero-order valence-electron chi connectivity index (χ0n) is 21.3. The number of nitrogens with one attached hydrogen (secondary N) is 3. The Kier molecular flexibility index (Phi) is 7.04. The minimum Gasteiger partial charge on any atom is -0.495 e. The standard InChI is InChI=1S/C27H32ClN5O3S/c1-17(2)37(34,35)24-9-5-4-8-21(24)31-25-20(28)15-30-26(33-25)32-22-13-19-18(12-23(22)36-3)14-29-16-27(19)10-6-7-11-27/h4-5,8-9,12-13,15,17,29H,6-7,10-11,14,16H2,1-3H3,(H2,30,31,32,33). The van der Waals surface area contributed by atoms with Crippen molar-refractivity contribution in [1.82, 2.24) is 15.3 Å². The summed E-state index contributed by atoms with van der Waals surface area (Å²) in [6.07, 6.45) is 6.30. The lowest BCUT2D eigenvalue weighted by Gasteiger charge is -2.37. The van der Waals surface area contributed by atoms with Crippen LogP contribution < -0.4 is 20.7 Å². The lowest BCUT2D eigenvalue weighted by molar-refractivity contribution is 0.373. The molecule has 0 radical (unpaired) electrons. The van der Waals surface area contributed by atoms with Gasteiger partial charge < -0.3 is 20.7 Å². The highest BCUT2D eigenvalue weighted by Crippen LogP contribution is 2.46. The van der Waals surface area contributed by atoms with Crippen LogP contribution in [0.2, 0.25) is 5.02 Å². The van der Waals surface area contributed by atoms with Crippen molar-refractivity contribution in [2.45, 2.75) is 61.6 Å². The molecule has 0 unspecified atom stereocenters. The molecule has 1 spiro atoms. The quantitative estimate of drug-likeness (QED) is 0.348. The van der Waals surface area contributed by atoms with Crippen molar-refractivity contribution in [3.63, 3.8) is 0 Å². The minimum absolute atomic E-state index is 0.148. The number of ether oxygens (including phenoxy) is 1. The zero-order valence-corrected chi connectivity index (χ0v) is 22.8. The monoisotopic (exact) mass is 541 g/mol. The zero-order chi connectivity index (χ0) is 26.2. The molecule has 1 aliphatic carbocycles. The van der Waals surface area contributed by atoms with E-state index in [2.05, 4.69) is 38.1 Å². The average molecular weight is 542 g/mol. The Hall–Kier alpha value is -2.88. The van der Waals surface area contributed by atoms with E-state index < -0.39 is 15.1 Å². The molecule has 1 fully saturated rings. The molecular formula is C27H32ClN5O3S. The van der Waals surface area contributed by atoms with Crippen molar-refractivity contribution >= 4 is 44.6 Å². The van der Waals surface area contributed by atoms with Gasteiger partial charge in [0.2, 0.25) is 5.95 Å². The smallest absolute Gasteiger partial charge is 0.229 e. The Morgan fingerprint density at radius 1 is 1.11 bits per heavy atom. The molecule has 0 atom stereocenters. The molecule has 0 amide bonds. The van der Waals surface area contributed by atoms with E-state index in [9.17, 15) is 8.42 Å². The highest BCUT2D eigenvalue weighted by Gasteiger charge is 2.39. The van der Waals surface area contributed by atoms with E-state index in [1.165, 1.54) is 43.0 Å². The topological polar surface area (TPSA) is 105 Å². The maximum Gasteiger partial charge on any atom is 0.229 e. The summed E-state index contributed by atoms with van der Waals surface area (Å²) in [5.74, 6) is 1.33. The van der Waals surface area contributed by atoms with Crippen LogP contribution in [0.3, 0.4) is 0 Å². The fourth-order valence-corrected chi connectivity index (χ4v) is 6.73. The first-order chi connectivity index (χ1) is 17.7. The Morgan fingerprint density at radius 3 is 2.59 bits per heavy atom. The molecule has 10 heteroatoms. The summed E-state index contributed by atoms with van der Waals surface area (Å²) in [7, 11) is -1.87. The van der Waals surface area contributed by atoms with Gasteiger partial charge in [-0.25, -0.2) is 13.4 Å². The summed E-state index contributed by atoms with van der Waals surface area (Å²) in [5.41, 5.74) is 3.95. The van der Waals surface area contributed by atoms with E-state index in [1.54, 1.807) is 45.2 Å². The normalized spacial score (nSPS) is 16.6. The SMILES string of the molecule is COc1cc2c(cc1Nc1ncc(Cl)c(Nc3ccccc3S(=O)(=O)C(C)C)n1)C1(CCCC1)CNC2. The number of sulfone groups is 1. The van der Waals surface area contributed by atoms with Gasteiger partial charge in [0.15, 0.2) is 15.7 Å². The van der Waals surface area contributed by atoms with Crippen molar-refractivity contribution in [3.8, 4) is 5.75 Å². The highest BCUT2D eigenvalue weighted by molar-refractivity contribution is 7.92. The minimum atomic E-state index is -3.51. The number of nitrogens with zero attached hydrogens (tertiary/aromatic N) is 2. The molecule has 0 saturated heterocycles. The molecule has 3 aromatic rings. The summed E-state index contributed by atoms with van der Waals surface area (Å²) in [4.78, 5) is 9.15. The van der Waals surface area contributed by atoms with Gasteiger partial charge in [-0.2, -0.15) is 4.98 Å². The highest BCUT2D eigenvalue weighted by atomic mass is 35.5. The molecular weight excluding hydrogens is 510 g/mol. The Morgan fingerprint density at radius 2 is 1.86 bits per heavy atom. The van der Waals surface area contributed by atoms with Crippen LogP contribution in [0.1, 0.15) is 50.7 Å². The first-order valence-corrected chi connectivity index (χ1v) is 14.5. The predicted molar refractivity (Wildman–Crippen MR) is 147 cm³/mol. The molecule has 1 aromatic heterocycles. The van der Waals surface area contributed by atoms with Crippen LogP contribution in [0.25, 0.3) is 0 Å². The molecule has 1 saturated carbocycles. The number of methoxy groups -OCH3 is 1.